The first kappa shape index (κ1) is 14.4. The van der Waals surface area contributed by atoms with Crippen LogP contribution in [-0.4, -0.2) is 46.0 Å². The van der Waals surface area contributed by atoms with Gasteiger partial charge in [0.25, 0.3) is 0 Å². The zero-order chi connectivity index (χ0) is 12.7. The maximum atomic E-state index is 11.6. The van der Waals surface area contributed by atoms with E-state index in [0.717, 1.165) is 0 Å². The Labute approximate surface area is 93.9 Å². The zero-order valence-corrected chi connectivity index (χ0v) is 9.47. The number of carbonyl (C=O) groups is 3. The van der Waals surface area contributed by atoms with Crippen molar-refractivity contribution in [1.82, 2.24) is 4.90 Å². The molecular formula is C10H17NO5. The number of carboxylic acid groups (broad SMARTS) is 2. The van der Waals surface area contributed by atoms with E-state index in [2.05, 4.69) is 0 Å². The van der Waals surface area contributed by atoms with Crippen molar-refractivity contribution in [3.63, 3.8) is 0 Å². The van der Waals surface area contributed by atoms with E-state index >= 15 is 0 Å². The van der Waals surface area contributed by atoms with Gasteiger partial charge in [0.1, 0.15) is 0 Å². The van der Waals surface area contributed by atoms with Crippen molar-refractivity contribution < 1.29 is 24.6 Å². The Bertz CT molecular complexity index is 256. The van der Waals surface area contributed by atoms with Crippen molar-refractivity contribution in [3.8, 4) is 0 Å². The summed E-state index contributed by atoms with van der Waals surface area (Å²) < 4.78 is 0. The number of carbonyl (C=O) groups excluding carboxylic acids is 1. The largest absolute Gasteiger partial charge is 0.481 e. The van der Waals surface area contributed by atoms with Gasteiger partial charge in [-0.05, 0) is 0 Å². The number of nitrogens with zero attached hydrogens (tertiary/aromatic N) is 1. The Kier molecular flexibility index (Phi) is 6.14. The van der Waals surface area contributed by atoms with Crippen molar-refractivity contribution in [3.05, 3.63) is 0 Å². The molecule has 6 nitrogen and oxygen atoms in total. The van der Waals surface area contributed by atoms with Gasteiger partial charge in [-0.1, -0.05) is 13.8 Å². The molecule has 0 aliphatic rings. The minimum Gasteiger partial charge on any atom is -0.481 e. The molecule has 0 saturated heterocycles. The van der Waals surface area contributed by atoms with E-state index in [4.69, 9.17) is 10.2 Å². The van der Waals surface area contributed by atoms with Crippen LogP contribution in [-0.2, 0) is 14.4 Å². The highest BCUT2D eigenvalue weighted by atomic mass is 16.4. The second-order valence-electron chi connectivity index (χ2n) is 3.77. The number of amides is 1. The SMILES string of the molecule is CC(C)C(=O)N(CCC(=O)O)CCC(=O)O. The van der Waals surface area contributed by atoms with Crippen LogP contribution in [0.5, 0.6) is 0 Å². The molecule has 0 aromatic carbocycles. The molecular weight excluding hydrogens is 214 g/mol. The van der Waals surface area contributed by atoms with Crippen LogP contribution in [0.1, 0.15) is 26.7 Å². The number of rotatable bonds is 7. The average Bonchev–Trinajstić information content (AvgIpc) is 2.16. The molecule has 0 aromatic rings. The molecule has 0 aliphatic heterocycles. The summed E-state index contributed by atoms with van der Waals surface area (Å²) in [7, 11) is 0. The lowest BCUT2D eigenvalue weighted by Gasteiger charge is -2.23. The van der Waals surface area contributed by atoms with Crippen molar-refractivity contribution in [2.24, 2.45) is 5.92 Å². The van der Waals surface area contributed by atoms with Crippen LogP contribution in [0.4, 0.5) is 0 Å². The maximum Gasteiger partial charge on any atom is 0.305 e. The lowest BCUT2D eigenvalue weighted by molar-refractivity contribution is -0.140. The molecule has 1 amide bonds. The predicted octanol–water partition coefficient (Wildman–Crippen LogP) is 0.420. The van der Waals surface area contributed by atoms with Gasteiger partial charge < -0.3 is 15.1 Å². The van der Waals surface area contributed by atoms with Gasteiger partial charge in [-0.3, -0.25) is 14.4 Å². The fourth-order valence-electron chi connectivity index (χ4n) is 1.16. The minimum absolute atomic E-state index is 0.0552. The molecule has 0 spiro atoms. The van der Waals surface area contributed by atoms with E-state index in [-0.39, 0.29) is 37.8 Å². The van der Waals surface area contributed by atoms with Gasteiger partial charge in [-0.15, -0.1) is 0 Å². The molecule has 2 N–H and O–H groups in total. The third-order valence-electron chi connectivity index (χ3n) is 2.00. The normalized spacial score (nSPS) is 10.2. The van der Waals surface area contributed by atoms with E-state index < -0.39 is 11.9 Å². The smallest absolute Gasteiger partial charge is 0.305 e. The third-order valence-corrected chi connectivity index (χ3v) is 2.00. The number of hydrogen-bond donors (Lipinski definition) is 2. The van der Waals surface area contributed by atoms with Crippen molar-refractivity contribution in [1.29, 1.82) is 0 Å². The summed E-state index contributed by atoms with van der Waals surface area (Å²) in [5.41, 5.74) is 0. The van der Waals surface area contributed by atoms with Gasteiger partial charge >= 0.3 is 11.9 Å². The Hall–Kier alpha value is -1.59. The van der Waals surface area contributed by atoms with Crippen molar-refractivity contribution in [2.75, 3.05) is 13.1 Å². The Morgan fingerprint density at radius 1 is 1.00 bits per heavy atom. The summed E-state index contributed by atoms with van der Waals surface area (Å²) >= 11 is 0. The quantitative estimate of drug-likeness (QED) is 0.662. The Morgan fingerprint density at radius 3 is 1.62 bits per heavy atom. The van der Waals surface area contributed by atoms with Crippen LogP contribution in [0.15, 0.2) is 0 Å². The van der Waals surface area contributed by atoms with Gasteiger partial charge in [0.2, 0.25) is 5.91 Å². The van der Waals surface area contributed by atoms with Gasteiger partial charge in [-0.2, -0.15) is 0 Å². The lowest BCUT2D eigenvalue weighted by atomic mass is 10.1. The zero-order valence-electron chi connectivity index (χ0n) is 9.47. The van der Waals surface area contributed by atoms with Crippen LogP contribution in [0.2, 0.25) is 0 Å². The molecule has 0 rings (SSSR count). The fourth-order valence-corrected chi connectivity index (χ4v) is 1.16. The Balaban J connectivity index is 4.31. The van der Waals surface area contributed by atoms with Crippen LogP contribution < -0.4 is 0 Å². The van der Waals surface area contributed by atoms with Crippen LogP contribution in [0.25, 0.3) is 0 Å². The summed E-state index contributed by atoms with van der Waals surface area (Å²) in [6.45, 7) is 3.49. The summed E-state index contributed by atoms with van der Waals surface area (Å²) in [6.07, 6.45) is -0.337. The maximum absolute atomic E-state index is 11.6. The van der Waals surface area contributed by atoms with Gasteiger partial charge in [-0.25, -0.2) is 0 Å². The van der Waals surface area contributed by atoms with Gasteiger partial charge in [0, 0.05) is 19.0 Å². The highest BCUT2D eigenvalue weighted by molar-refractivity contribution is 5.79. The van der Waals surface area contributed by atoms with Gasteiger partial charge in [0.15, 0.2) is 0 Å². The first-order chi connectivity index (χ1) is 7.34. The first-order valence-corrected chi connectivity index (χ1v) is 5.07. The second-order valence-corrected chi connectivity index (χ2v) is 3.77. The van der Waals surface area contributed by atoms with Crippen LogP contribution >= 0.6 is 0 Å². The summed E-state index contributed by atoms with van der Waals surface area (Å²) in [4.78, 5) is 33.7. The van der Waals surface area contributed by atoms with E-state index in [0.29, 0.717) is 0 Å². The van der Waals surface area contributed by atoms with Crippen LogP contribution in [0, 0.1) is 5.92 Å². The second kappa shape index (κ2) is 6.81. The fraction of sp³-hybridized carbons (Fsp3) is 0.700. The molecule has 0 heterocycles. The molecule has 0 atom stereocenters. The number of aliphatic carboxylic acids is 2. The summed E-state index contributed by atoms with van der Waals surface area (Å²) in [5.74, 6) is -2.49. The molecule has 0 bridgehead atoms. The molecule has 0 aromatic heterocycles. The summed E-state index contributed by atoms with van der Waals surface area (Å²) in [5, 5.41) is 17.0. The molecule has 92 valence electrons. The van der Waals surface area contributed by atoms with E-state index in [1.165, 1.54) is 4.90 Å². The number of carboxylic acids is 2. The van der Waals surface area contributed by atoms with E-state index in [1.807, 2.05) is 0 Å². The standard InChI is InChI=1S/C10H17NO5/c1-7(2)10(16)11(5-3-8(12)13)6-4-9(14)15/h7H,3-6H2,1-2H3,(H,12,13)(H,14,15). The molecule has 6 heteroatoms. The van der Waals surface area contributed by atoms with E-state index in [1.54, 1.807) is 13.8 Å². The predicted molar refractivity (Wildman–Crippen MR) is 55.9 cm³/mol. The molecule has 0 aliphatic carbocycles. The molecule has 0 unspecified atom stereocenters. The molecule has 0 fully saturated rings. The molecule has 0 saturated carbocycles. The van der Waals surface area contributed by atoms with Gasteiger partial charge in [0.05, 0.1) is 12.8 Å². The molecule has 16 heavy (non-hydrogen) atoms. The van der Waals surface area contributed by atoms with Crippen molar-refractivity contribution >= 4 is 17.8 Å². The van der Waals surface area contributed by atoms with E-state index in [9.17, 15) is 14.4 Å². The average molecular weight is 231 g/mol. The highest BCUT2D eigenvalue weighted by Gasteiger charge is 2.18. The Morgan fingerprint density at radius 2 is 1.38 bits per heavy atom. The first-order valence-electron chi connectivity index (χ1n) is 5.07. The number of hydrogen-bond acceptors (Lipinski definition) is 3. The topological polar surface area (TPSA) is 94.9 Å². The third kappa shape index (κ3) is 6.00. The van der Waals surface area contributed by atoms with Crippen LogP contribution in [0.3, 0.4) is 0 Å². The van der Waals surface area contributed by atoms with Crippen molar-refractivity contribution in [2.45, 2.75) is 26.7 Å². The minimum atomic E-state index is -1.00. The molecule has 0 radical (unpaired) electrons. The highest BCUT2D eigenvalue weighted by Crippen LogP contribution is 2.04. The lowest BCUT2D eigenvalue weighted by Crippen LogP contribution is -2.37. The summed E-state index contributed by atoms with van der Waals surface area (Å²) in [6, 6.07) is 0. The monoisotopic (exact) mass is 231 g/mol.